The number of guanidine groups is 1. The molecular weight excluding hydrogens is 238 g/mol. The Morgan fingerprint density at radius 2 is 1.84 bits per heavy atom. The van der Waals surface area contributed by atoms with E-state index >= 15 is 0 Å². The molecule has 1 unspecified atom stereocenters. The summed E-state index contributed by atoms with van der Waals surface area (Å²) < 4.78 is 0. The van der Waals surface area contributed by atoms with Crippen molar-refractivity contribution < 1.29 is 4.79 Å². The van der Waals surface area contributed by atoms with Gasteiger partial charge in [-0.2, -0.15) is 0 Å². The lowest BCUT2D eigenvalue weighted by Gasteiger charge is -2.29. The van der Waals surface area contributed by atoms with E-state index in [9.17, 15) is 4.79 Å². The van der Waals surface area contributed by atoms with E-state index in [0.29, 0.717) is 12.5 Å². The number of carbonyl (C=O) groups is 1. The van der Waals surface area contributed by atoms with E-state index in [-0.39, 0.29) is 11.9 Å². The van der Waals surface area contributed by atoms with Crippen molar-refractivity contribution in [1.29, 1.82) is 0 Å². The Morgan fingerprint density at radius 3 is 2.53 bits per heavy atom. The molecule has 1 amide bonds. The molecule has 0 bridgehead atoms. The number of rotatable bonds is 0. The Kier molecular flexibility index (Phi) is 5.55. The summed E-state index contributed by atoms with van der Waals surface area (Å²) in [4.78, 5) is 17.7. The van der Waals surface area contributed by atoms with E-state index in [1.807, 2.05) is 50.8 Å². The Balaban J connectivity index is 0.000000415. The zero-order chi connectivity index (χ0) is 14.4. The molecule has 0 aromatic heterocycles. The summed E-state index contributed by atoms with van der Waals surface area (Å²) in [6.07, 6.45) is 0. The number of aliphatic imine (C=N–C) groups is 1. The first-order chi connectivity index (χ1) is 9.25. The zero-order valence-electron chi connectivity index (χ0n) is 12.4. The van der Waals surface area contributed by atoms with Crippen molar-refractivity contribution in [3.05, 3.63) is 29.8 Å². The largest absolute Gasteiger partial charge is 0.326 e. The van der Waals surface area contributed by atoms with E-state index in [4.69, 9.17) is 0 Å². The first kappa shape index (κ1) is 15.2. The minimum atomic E-state index is 0.0217. The van der Waals surface area contributed by atoms with Crippen LogP contribution in [0.5, 0.6) is 0 Å². The number of hydrogen-bond acceptors (Lipinski definition) is 3. The average molecular weight is 261 g/mol. The Morgan fingerprint density at radius 1 is 1.21 bits per heavy atom. The number of carbonyl (C=O) groups excluding carboxylic acids is 1. The fourth-order valence-electron chi connectivity index (χ4n) is 2.10. The Bertz CT molecular complexity index is 468. The van der Waals surface area contributed by atoms with Crippen LogP contribution in [0.15, 0.2) is 29.3 Å². The van der Waals surface area contributed by atoms with Gasteiger partial charge in [-0.25, -0.2) is 4.99 Å². The van der Waals surface area contributed by atoms with Gasteiger partial charge in [0.25, 0.3) is 0 Å². The fourth-order valence-corrected chi connectivity index (χ4v) is 2.10. The molecular formula is C15H23N3O. The molecule has 0 saturated carbocycles. The highest BCUT2D eigenvalue weighted by Crippen LogP contribution is 2.34. The van der Waals surface area contributed by atoms with Crippen molar-refractivity contribution >= 4 is 17.6 Å². The van der Waals surface area contributed by atoms with Crippen LogP contribution in [0.4, 0.5) is 5.69 Å². The van der Waals surface area contributed by atoms with Crippen molar-refractivity contribution in [3.63, 3.8) is 0 Å². The summed E-state index contributed by atoms with van der Waals surface area (Å²) in [5.74, 6) is 0.708. The summed E-state index contributed by atoms with van der Waals surface area (Å²) in [5.41, 5.74) is 2.14. The quantitative estimate of drug-likeness (QED) is 0.779. The van der Waals surface area contributed by atoms with Crippen LogP contribution >= 0.6 is 0 Å². The van der Waals surface area contributed by atoms with E-state index in [1.54, 1.807) is 0 Å². The standard InChI is InChI=1S/C11H11N3O.2C2H6/c1-7-8-4-2-3-5-9(8)12-11-13-10(15)6-14(7)11;2*1-2/h2-5,7H,6H2,1H3,(H,12,13,15);2*1-2H3. The summed E-state index contributed by atoms with van der Waals surface area (Å²) in [5, 5.41) is 2.76. The number of amides is 1. The van der Waals surface area contributed by atoms with Crippen LogP contribution in [0.2, 0.25) is 0 Å². The predicted molar refractivity (Wildman–Crippen MR) is 79.5 cm³/mol. The second kappa shape index (κ2) is 6.92. The van der Waals surface area contributed by atoms with Gasteiger partial charge in [0.05, 0.1) is 11.7 Å². The summed E-state index contributed by atoms with van der Waals surface area (Å²) >= 11 is 0. The van der Waals surface area contributed by atoms with Crippen LogP contribution in [0.25, 0.3) is 0 Å². The molecule has 4 nitrogen and oxygen atoms in total. The number of benzene rings is 1. The maximum atomic E-state index is 11.3. The van der Waals surface area contributed by atoms with Crippen molar-refractivity contribution in [1.82, 2.24) is 10.2 Å². The molecule has 1 aromatic rings. The van der Waals surface area contributed by atoms with Gasteiger partial charge in [-0.1, -0.05) is 45.9 Å². The highest BCUT2D eigenvalue weighted by Gasteiger charge is 2.33. The maximum Gasteiger partial charge on any atom is 0.246 e. The third-order valence-corrected chi connectivity index (χ3v) is 2.92. The summed E-state index contributed by atoms with van der Waals surface area (Å²) in [6, 6.07) is 8.21. The maximum absolute atomic E-state index is 11.3. The molecule has 1 N–H and O–H groups in total. The monoisotopic (exact) mass is 261 g/mol. The first-order valence-electron chi connectivity index (χ1n) is 7.00. The van der Waals surface area contributed by atoms with E-state index in [2.05, 4.69) is 23.3 Å². The number of hydrogen-bond donors (Lipinski definition) is 1. The fraction of sp³-hybridized carbons (Fsp3) is 0.467. The van der Waals surface area contributed by atoms with Gasteiger partial charge in [-0.3, -0.25) is 10.1 Å². The average Bonchev–Trinajstić information content (AvgIpc) is 2.84. The van der Waals surface area contributed by atoms with Gasteiger partial charge in [-0.05, 0) is 13.0 Å². The van der Waals surface area contributed by atoms with Gasteiger partial charge in [0.15, 0.2) is 0 Å². The lowest BCUT2D eigenvalue weighted by molar-refractivity contribution is -0.118. The van der Waals surface area contributed by atoms with Crippen molar-refractivity contribution in [2.45, 2.75) is 40.7 Å². The van der Waals surface area contributed by atoms with Crippen molar-refractivity contribution in [2.24, 2.45) is 4.99 Å². The second-order valence-electron chi connectivity index (χ2n) is 3.85. The van der Waals surface area contributed by atoms with Crippen LogP contribution < -0.4 is 5.32 Å². The summed E-state index contributed by atoms with van der Waals surface area (Å²) in [6.45, 7) is 10.5. The van der Waals surface area contributed by atoms with Gasteiger partial charge in [0, 0.05) is 5.56 Å². The molecule has 0 aliphatic carbocycles. The molecule has 19 heavy (non-hydrogen) atoms. The van der Waals surface area contributed by atoms with Crippen molar-refractivity contribution in [2.75, 3.05) is 6.54 Å². The molecule has 1 aromatic carbocycles. The smallest absolute Gasteiger partial charge is 0.246 e. The predicted octanol–water partition coefficient (Wildman–Crippen LogP) is 3.23. The van der Waals surface area contributed by atoms with Gasteiger partial charge in [0.2, 0.25) is 11.9 Å². The molecule has 2 heterocycles. The van der Waals surface area contributed by atoms with Gasteiger partial charge < -0.3 is 4.90 Å². The van der Waals surface area contributed by atoms with Gasteiger partial charge >= 0.3 is 0 Å². The van der Waals surface area contributed by atoms with Crippen LogP contribution in [0.3, 0.4) is 0 Å². The van der Waals surface area contributed by atoms with E-state index in [0.717, 1.165) is 5.69 Å². The zero-order valence-corrected chi connectivity index (χ0v) is 12.4. The third kappa shape index (κ3) is 2.95. The molecule has 104 valence electrons. The van der Waals surface area contributed by atoms with Crippen LogP contribution in [-0.4, -0.2) is 23.3 Å². The number of nitrogens with one attached hydrogen (secondary N) is 1. The first-order valence-corrected chi connectivity index (χ1v) is 7.00. The minimum Gasteiger partial charge on any atom is -0.326 e. The lowest BCUT2D eigenvalue weighted by Crippen LogP contribution is -2.34. The minimum absolute atomic E-state index is 0.0217. The van der Waals surface area contributed by atoms with Crippen LogP contribution in [-0.2, 0) is 4.79 Å². The SMILES string of the molecule is CC.CC.CC1c2ccccc2N=C2NC(=O)CN21. The van der Waals surface area contributed by atoms with Gasteiger partial charge in [0.1, 0.15) is 6.54 Å². The Hall–Kier alpha value is -1.84. The molecule has 3 rings (SSSR count). The van der Waals surface area contributed by atoms with E-state index < -0.39 is 0 Å². The topological polar surface area (TPSA) is 44.7 Å². The third-order valence-electron chi connectivity index (χ3n) is 2.92. The number of nitrogens with zero attached hydrogens (tertiary/aromatic N) is 2. The summed E-state index contributed by atoms with van der Waals surface area (Å²) in [7, 11) is 0. The molecule has 1 fully saturated rings. The number of para-hydroxylation sites is 1. The normalized spacial score (nSPS) is 18.8. The Labute approximate surface area is 115 Å². The van der Waals surface area contributed by atoms with Crippen molar-refractivity contribution in [3.8, 4) is 0 Å². The molecule has 0 spiro atoms. The molecule has 1 atom stereocenters. The second-order valence-corrected chi connectivity index (χ2v) is 3.85. The molecule has 4 heteroatoms. The van der Waals surface area contributed by atoms with E-state index in [1.165, 1.54) is 5.56 Å². The highest BCUT2D eigenvalue weighted by molar-refractivity contribution is 6.06. The highest BCUT2D eigenvalue weighted by atomic mass is 16.2. The number of fused-ring (bicyclic) bond motifs is 2. The lowest BCUT2D eigenvalue weighted by atomic mass is 10.0. The molecule has 2 aliphatic heterocycles. The van der Waals surface area contributed by atoms with Gasteiger partial charge in [-0.15, -0.1) is 0 Å². The molecule has 1 saturated heterocycles. The molecule has 0 radical (unpaired) electrons. The molecule has 2 aliphatic rings. The van der Waals surface area contributed by atoms with Crippen LogP contribution in [0.1, 0.15) is 46.2 Å². The van der Waals surface area contributed by atoms with Crippen LogP contribution in [0, 0.1) is 0 Å².